The Bertz CT molecular complexity index is 679. The smallest absolute Gasteiger partial charge is 0.451 e. The summed E-state index contributed by atoms with van der Waals surface area (Å²) in [5, 5.41) is 27.8. The van der Waals surface area contributed by atoms with E-state index in [1.165, 1.54) is 24.0 Å². The quantitative estimate of drug-likeness (QED) is 0.303. The van der Waals surface area contributed by atoms with E-state index in [4.69, 9.17) is 15.8 Å². The highest BCUT2D eigenvalue weighted by atomic mass is 16.4. The Morgan fingerprint density at radius 1 is 1.14 bits per heavy atom. The summed E-state index contributed by atoms with van der Waals surface area (Å²) in [6.45, 7) is 1.76. The van der Waals surface area contributed by atoms with Crippen molar-refractivity contribution in [3.8, 4) is 0 Å². The fourth-order valence-corrected chi connectivity index (χ4v) is 5.23. The van der Waals surface area contributed by atoms with Crippen LogP contribution in [0.15, 0.2) is 24.3 Å². The minimum atomic E-state index is -1.34. The normalized spacial score (nSPS) is 23.1. The Morgan fingerprint density at radius 3 is 2.55 bits per heavy atom. The summed E-state index contributed by atoms with van der Waals surface area (Å²) in [4.78, 5) is 14.5. The largest absolute Gasteiger partial charge is 0.480 e. The third-order valence-corrected chi connectivity index (χ3v) is 6.99. The first-order chi connectivity index (χ1) is 13.9. The van der Waals surface area contributed by atoms with Crippen molar-refractivity contribution in [1.29, 1.82) is 0 Å². The maximum absolute atomic E-state index is 12.0. The number of hydrogen-bond acceptors (Lipinski definition) is 5. The summed E-state index contributed by atoms with van der Waals surface area (Å²) in [7, 11) is -1.34. The van der Waals surface area contributed by atoms with Gasteiger partial charge in [-0.3, -0.25) is 9.69 Å². The number of carboxylic acid groups (broad SMARTS) is 1. The molecule has 0 radical (unpaired) electrons. The second kappa shape index (κ2) is 10.1. The molecule has 1 heterocycles. The summed E-state index contributed by atoms with van der Waals surface area (Å²) in [5.41, 5.74) is 8.09. The number of carboxylic acids is 1. The first kappa shape index (κ1) is 22.3. The maximum atomic E-state index is 12.0. The first-order valence-electron chi connectivity index (χ1n) is 11.1. The molecule has 6 nitrogen and oxygen atoms in total. The number of aliphatic carboxylic acids is 1. The molecule has 0 saturated carbocycles. The monoisotopic (exact) mass is 402 g/mol. The number of carbonyl (C=O) groups is 1. The molecule has 7 heteroatoms. The lowest BCUT2D eigenvalue weighted by atomic mass is 9.74. The van der Waals surface area contributed by atoms with E-state index in [1.54, 1.807) is 0 Å². The number of likely N-dealkylation sites (tertiary alicyclic amines) is 1. The van der Waals surface area contributed by atoms with Crippen LogP contribution < -0.4 is 5.73 Å². The van der Waals surface area contributed by atoms with E-state index in [0.717, 1.165) is 38.8 Å². The molecule has 160 valence electrons. The van der Waals surface area contributed by atoms with Crippen LogP contribution in [0.25, 0.3) is 0 Å². The van der Waals surface area contributed by atoms with Crippen LogP contribution in [-0.2, 0) is 11.2 Å². The van der Waals surface area contributed by atoms with Crippen LogP contribution in [0.3, 0.4) is 0 Å². The van der Waals surface area contributed by atoms with Crippen molar-refractivity contribution in [2.45, 2.75) is 75.7 Å². The minimum absolute atomic E-state index is 0.0451. The molecule has 0 aromatic heterocycles. The lowest BCUT2D eigenvalue weighted by Crippen LogP contribution is -2.57. The topological polar surface area (TPSA) is 107 Å². The first-order valence-corrected chi connectivity index (χ1v) is 11.1. The number of hydrogen-bond donors (Lipinski definition) is 4. The van der Waals surface area contributed by atoms with Gasteiger partial charge in [-0.05, 0) is 75.0 Å². The van der Waals surface area contributed by atoms with Crippen molar-refractivity contribution in [2.24, 2.45) is 11.7 Å². The van der Waals surface area contributed by atoms with Gasteiger partial charge in [0, 0.05) is 6.04 Å². The van der Waals surface area contributed by atoms with E-state index in [9.17, 15) is 9.90 Å². The Labute approximate surface area is 174 Å². The summed E-state index contributed by atoms with van der Waals surface area (Å²) < 4.78 is 0. The number of rotatable bonds is 8. The van der Waals surface area contributed by atoms with E-state index in [-0.39, 0.29) is 12.2 Å². The van der Waals surface area contributed by atoms with Crippen molar-refractivity contribution in [2.75, 3.05) is 13.1 Å². The Morgan fingerprint density at radius 2 is 1.86 bits per heavy atom. The molecule has 1 fully saturated rings. The number of fused-ring (bicyclic) bond motifs is 1. The highest BCUT2D eigenvalue weighted by Crippen LogP contribution is 2.38. The third kappa shape index (κ3) is 5.40. The third-order valence-electron chi connectivity index (χ3n) is 6.99. The lowest BCUT2D eigenvalue weighted by molar-refractivity contribution is -0.147. The van der Waals surface area contributed by atoms with Gasteiger partial charge >= 0.3 is 13.1 Å². The molecule has 5 N–H and O–H groups in total. The van der Waals surface area contributed by atoms with Crippen molar-refractivity contribution < 1.29 is 19.9 Å². The van der Waals surface area contributed by atoms with Gasteiger partial charge in [0.25, 0.3) is 0 Å². The van der Waals surface area contributed by atoms with E-state index in [2.05, 4.69) is 29.2 Å². The predicted octanol–water partition coefficient (Wildman–Crippen LogP) is 2.59. The molecule has 0 amide bonds. The van der Waals surface area contributed by atoms with Gasteiger partial charge in [0.05, 0.1) is 0 Å². The molecular formula is C22H35BN2O4. The second-order valence-corrected chi connectivity index (χ2v) is 8.84. The van der Waals surface area contributed by atoms with Crippen LogP contribution in [0.2, 0.25) is 6.32 Å². The molecule has 29 heavy (non-hydrogen) atoms. The van der Waals surface area contributed by atoms with Gasteiger partial charge in [0.15, 0.2) is 0 Å². The van der Waals surface area contributed by atoms with Crippen molar-refractivity contribution in [3.05, 3.63) is 35.4 Å². The van der Waals surface area contributed by atoms with Gasteiger partial charge in [0.2, 0.25) is 0 Å². The molecule has 0 spiro atoms. The molecule has 1 saturated heterocycles. The highest BCUT2D eigenvalue weighted by Gasteiger charge is 2.43. The zero-order valence-electron chi connectivity index (χ0n) is 17.3. The number of benzene rings is 1. The second-order valence-electron chi connectivity index (χ2n) is 8.84. The molecule has 2 atom stereocenters. The zero-order valence-corrected chi connectivity index (χ0v) is 17.3. The van der Waals surface area contributed by atoms with E-state index < -0.39 is 18.6 Å². The molecule has 1 aromatic rings. The number of aryl methyl sites for hydroxylation is 1. The van der Waals surface area contributed by atoms with Crippen LogP contribution in [0.5, 0.6) is 0 Å². The van der Waals surface area contributed by atoms with E-state index in [0.29, 0.717) is 25.3 Å². The number of nitrogens with zero attached hydrogens (tertiary/aromatic N) is 1. The number of nitrogens with two attached hydrogens (primary N) is 1. The minimum Gasteiger partial charge on any atom is -0.480 e. The summed E-state index contributed by atoms with van der Waals surface area (Å²) in [6, 6.07) is 9.19. The van der Waals surface area contributed by atoms with Gasteiger partial charge in [-0.15, -0.1) is 0 Å². The van der Waals surface area contributed by atoms with Gasteiger partial charge in [-0.25, -0.2) is 0 Å². The lowest BCUT2D eigenvalue weighted by Gasteiger charge is -2.43. The summed E-state index contributed by atoms with van der Waals surface area (Å²) >= 11 is 0. The summed E-state index contributed by atoms with van der Waals surface area (Å²) in [5.74, 6) is -0.975. The number of piperidine rings is 1. The van der Waals surface area contributed by atoms with Crippen LogP contribution in [0.4, 0.5) is 0 Å². The van der Waals surface area contributed by atoms with Crippen LogP contribution in [0.1, 0.15) is 68.5 Å². The van der Waals surface area contributed by atoms with Gasteiger partial charge in [-0.1, -0.05) is 43.5 Å². The zero-order chi connectivity index (χ0) is 20.9. The Kier molecular flexibility index (Phi) is 7.74. The van der Waals surface area contributed by atoms with Crippen LogP contribution >= 0.6 is 0 Å². The highest BCUT2D eigenvalue weighted by molar-refractivity contribution is 6.40. The van der Waals surface area contributed by atoms with Crippen LogP contribution in [0, 0.1) is 5.92 Å². The fraction of sp³-hybridized carbons (Fsp3) is 0.682. The maximum Gasteiger partial charge on any atom is 0.451 e. The predicted molar refractivity (Wildman–Crippen MR) is 114 cm³/mol. The van der Waals surface area contributed by atoms with Crippen molar-refractivity contribution in [3.63, 3.8) is 0 Å². The molecule has 2 unspecified atom stereocenters. The standard InChI is InChI=1S/C22H35BN2O4/c24-22(21(26)27,13-5-6-14-23(28)29)18-11-15-25(16-12-18)20-10-4-2-8-17-7-1-3-9-19(17)20/h1,3,7,9,18,20,28-29H,2,4-6,8,10-16,24H2,(H,26,27). The molecule has 1 aliphatic heterocycles. The Balaban J connectivity index is 1.62. The molecule has 3 rings (SSSR count). The van der Waals surface area contributed by atoms with E-state index in [1.807, 2.05) is 0 Å². The van der Waals surface area contributed by atoms with Gasteiger partial charge < -0.3 is 20.9 Å². The van der Waals surface area contributed by atoms with E-state index >= 15 is 0 Å². The SMILES string of the molecule is NC(CCCCB(O)O)(C(=O)O)C1CCN(C2CCCCc3ccccc32)CC1. The fourth-order valence-electron chi connectivity index (χ4n) is 5.23. The van der Waals surface area contributed by atoms with Crippen molar-refractivity contribution >= 4 is 13.1 Å². The average Bonchev–Trinajstić information content (AvgIpc) is 2.93. The Hall–Kier alpha value is -1.41. The van der Waals surface area contributed by atoms with Gasteiger partial charge in [0.1, 0.15) is 5.54 Å². The summed E-state index contributed by atoms with van der Waals surface area (Å²) in [6.07, 6.45) is 8.17. The van der Waals surface area contributed by atoms with Crippen LogP contribution in [-0.4, -0.2) is 51.8 Å². The molecule has 2 aliphatic rings. The molecule has 1 aliphatic carbocycles. The van der Waals surface area contributed by atoms with Crippen molar-refractivity contribution in [1.82, 2.24) is 4.90 Å². The molecular weight excluding hydrogens is 367 g/mol. The number of unbranched alkanes of at least 4 members (excludes halogenated alkanes) is 1. The molecule has 0 bridgehead atoms. The average molecular weight is 402 g/mol. The molecule has 1 aromatic carbocycles. The van der Waals surface area contributed by atoms with Gasteiger partial charge in [-0.2, -0.15) is 0 Å².